The minimum atomic E-state index is -5.75. The number of hydrogen-bond acceptors (Lipinski definition) is 21. The number of alkyl halides is 2. The van der Waals surface area contributed by atoms with Gasteiger partial charge in [0, 0.05) is 0 Å². The van der Waals surface area contributed by atoms with Crippen LogP contribution < -0.4 is 15.2 Å². The average Bonchev–Trinajstić information content (AvgIpc) is 3.83. The topological polar surface area (TPSA) is 417 Å². The number of nitrogens with zero attached hydrogens (tertiary/aromatic N) is 8. The van der Waals surface area contributed by atoms with Crippen molar-refractivity contribution >= 4 is 59.6 Å². The summed E-state index contributed by atoms with van der Waals surface area (Å²) in [5.74, 6) is 0.332. The minimum Gasteiger partial charge on any atom is -0.479 e. The molecular formula is C25H37F2N9O20P4. The summed E-state index contributed by atoms with van der Waals surface area (Å²) in [5, 5.41) is 21.3. The summed E-state index contributed by atoms with van der Waals surface area (Å²) in [5.41, 5.74) is 1.95. The highest BCUT2D eigenvalue weighted by Gasteiger charge is 2.57. The molecule has 4 aromatic heterocycles. The highest BCUT2D eigenvalue weighted by Crippen LogP contribution is 2.66. The Bertz CT molecular complexity index is 2410. The van der Waals surface area contributed by atoms with Crippen LogP contribution in [0.2, 0.25) is 0 Å². The number of nitrogen functional groups attached to an aromatic ring is 1. The SMILES string of the molecule is COc1nc(C)nc2c1ncn2C1O[C@H](COP(=O)(O)OP(=O)(O)OP(=O)(O)O)[C@@H](F)[C@@]1(C)O.COc1nc(N)nc2c1ncn2C1O[C@H](COP(=O)(O)O)[C@@H](F)[C@@]1(C)O. The number of fused-ring (bicyclic) bond motifs is 2. The number of halogens is 2. The van der Waals surface area contributed by atoms with Crippen LogP contribution in [0, 0.1) is 6.92 Å². The first-order chi connectivity index (χ1) is 27.5. The Labute approximate surface area is 334 Å². The third kappa shape index (κ3) is 10.5. The monoisotopic (exact) mass is 945 g/mol. The van der Waals surface area contributed by atoms with Gasteiger partial charge in [0.2, 0.25) is 17.7 Å². The van der Waals surface area contributed by atoms with Crippen molar-refractivity contribution in [1.82, 2.24) is 39.0 Å². The van der Waals surface area contributed by atoms with Gasteiger partial charge in [0.05, 0.1) is 40.1 Å². The van der Waals surface area contributed by atoms with E-state index in [9.17, 15) is 47.0 Å². The molecule has 0 amide bonds. The van der Waals surface area contributed by atoms with Crippen molar-refractivity contribution in [1.29, 1.82) is 0 Å². The first-order valence-corrected chi connectivity index (χ1v) is 22.4. The number of aliphatic hydroxyl groups is 2. The van der Waals surface area contributed by atoms with Gasteiger partial charge in [-0.25, -0.2) is 42.0 Å². The van der Waals surface area contributed by atoms with E-state index in [-0.39, 0.29) is 45.9 Å². The van der Waals surface area contributed by atoms with E-state index in [1.54, 1.807) is 6.92 Å². The molecule has 4 aromatic rings. The summed E-state index contributed by atoms with van der Waals surface area (Å²) in [6, 6.07) is 0. The van der Waals surface area contributed by atoms with E-state index >= 15 is 0 Å². The second-order valence-corrected chi connectivity index (χ2v) is 18.7. The molecule has 2 aliphatic heterocycles. The molecule has 2 saturated heterocycles. The van der Waals surface area contributed by atoms with Crippen molar-refractivity contribution in [2.45, 2.75) is 69.0 Å². The van der Waals surface area contributed by atoms with Crippen LogP contribution >= 0.6 is 31.3 Å². The second-order valence-electron chi connectivity index (χ2n) is 13.0. The Morgan fingerprint density at radius 2 is 1.17 bits per heavy atom. The molecule has 336 valence electrons. The maximum absolute atomic E-state index is 15.0. The molecule has 0 saturated carbocycles. The lowest BCUT2D eigenvalue weighted by Gasteiger charge is -2.26. The van der Waals surface area contributed by atoms with E-state index < -0.39 is 92.7 Å². The molecule has 0 radical (unpaired) electrons. The maximum Gasteiger partial charge on any atom is 0.490 e. The molecule has 6 rings (SSSR count). The Balaban J connectivity index is 0.000000236. The van der Waals surface area contributed by atoms with Crippen LogP contribution in [0.3, 0.4) is 0 Å². The van der Waals surface area contributed by atoms with E-state index in [0.717, 1.165) is 6.92 Å². The van der Waals surface area contributed by atoms with Crippen molar-refractivity contribution in [3.63, 3.8) is 0 Å². The van der Waals surface area contributed by atoms with Crippen molar-refractivity contribution in [2.75, 3.05) is 33.2 Å². The van der Waals surface area contributed by atoms with Crippen LogP contribution in [0.1, 0.15) is 32.1 Å². The lowest BCUT2D eigenvalue weighted by molar-refractivity contribution is -0.0889. The Kier molecular flexibility index (Phi) is 13.6. The van der Waals surface area contributed by atoms with Gasteiger partial charge in [-0.05, 0) is 20.8 Å². The van der Waals surface area contributed by atoms with E-state index in [1.165, 1.54) is 42.9 Å². The first-order valence-electron chi connectivity index (χ1n) is 16.3. The van der Waals surface area contributed by atoms with Gasteiger partial charge in [0.1, 0.15) is 29.2 Å². The third-order valence-corrected chi connectivity index (χ3v) is 12.7. The Morgan fingerprint density at radius 3 is 1.62 bits per heavy atom. The molecule has 0 bridgehead atoms. The Hall–Kier alpha value is -3.28. The zero-order valence-electron chi connectivity index (χ0n) is 31.2. The minimum absolute atomic E-state index is 0.0853. The molecule has 6 heterocycles. The van der Waals surface area contributed by atoms with E-state index in [0.29, 0.717) is 0 Å². The number of ether oxygens (including phenoxy) is 4. The van der Waals surface area contributed by atoms with Gasteiger partial charge in [-0.2, -0.15) is 23.6 Å². The number of nitrogens with two attached hydrogens (primary N) is 1. The fraction of sp³-hybridized carbons (Fsp3) is 0.600. The molecular weight excluding hydrogens is 908 g/mol. The summed E-state index contributed by atoms with van der Waals surface area (Å²) in [6.07, 6.45) is -7.75. The van der Waals surface area contributed by atoms with Crippen LogP contribution in [0.4, 0.5) is 14.7 Å². The van der Waals surface area contributed by atoms with Gasteiger partial charge in [-0.3, -0.25) is 18.2 Å². The van der Waals surface area contributed by atoms with Gasteiger partial charge in [-0.15, -0.1) is 0 Å². The number of methoxy groups -OCH3 is 2. The molecule has 0 aliphatic carbocycles. The number of hydrogen-bond donors (Lipinski definition) is 9. The summed E-state index contributed by atoms with van der Waals surface area (Å²) >= 11 is 0. The van der Waals surface area contributed by atoms with Crippen LogP contribution in [-0.2, 0) is 45.4 Å². The number of aromatic nitrogens is 8. The summed E-state index contributed by atoms with van der Waals surface area (Å²) in [7, 11) is -19.0. The summed E-state index contributed by atoms with van der Waals surface area (Å²) < 4.78 is 114. The van der Waals surface area contributed by atoms with Gasteiger partial charge in [-0.1, -0.05) is 0 Å². The molecule has 0 spiro atoms. The van der Waals surface area contributed by atoms with E-state index in [1.807, 2.05) is 0 Å². The predicted octanol–water partition coefficient (Wildman–Crippen LogP) is -0.0140. The normalized spacial score (nSPS) is 29.2. The fourth-order valence-electron chi connectivity index (χ4n) is 5.88. The van der Waals surface area contributed by atoms with Crippen LogP contribution in [0.5, 0.6) is 11.8 Å². The average molecular weight is 946 g/mol. The lowest BCUT2D eigenvalue weighted by atomic mass is 9.98. The van der Waals surface area contributed by atoms with Crippen LogP contribution in [0.25, 0.3) is 22.3 Å². The van der Waals surface area contributed by atoms with Gasteiger partial charge in [0.25, 0.3) is 0 Å². The van der Waals surface area contributed by atoms with E-state index in [4.69, 9.17) is 44.3 Å². The molecule has 35 heteroatoms. The number of imidazole rings is 2. The standard InChI is InChI=1S/C13H20FN4O13P3.C12H17FN5O7P/c1-6-16-10-8(11(17-6)27-3)15-5-18(10)12-13(2,19)9(14)7(29-12)4-28-33(23,24)31-34(25,26)30-32(20,21)22;1-12(19)7(13)5(3-24-26(20,21)22)25-10(12)18-4-15-6-8(18)16-11(14)17-9(6)23-2/h5,7,9,12,19H,4H2,1-3H3,(H,23,24)(H,25,26)(H2,20,21,22);4-5,7,10,19H,3H2,1-2H3,(H2,14,16,17)(H2,20,21,22)/t7-,9-,12?,13-;5-,7-,10?,12-/m11/s1. The smallest absolute Gasteiger partial charge is 0.479 e. The zero-order chi connectivity index (χ0) is 45.0. The fourth-order valence-corrected chi connectivity index (χ4v) is 9.25. The number of rotatable bonds is 14. The van der Waals surface area contributed by atoms with Crippen molar-refractivity contribution < 1.29 is 103 Å². The molecule has 60 heavy (non-hydrogen) atoms. The number of phosphoric acid groups is 4. The van der Waals surface area contributed by atoms with Gasteiger partial charge >= 0.3 is 31.3 Å². The molecule has 10 atom stereocenters. The molecule has 2 aliphatic rings. The van der Waals surface area contributed by atoms with Crippen LogP contribution in [-0.4, -0.2) is 142 Å². The van der Waals surface area contributed by atoms with Gasteiger partial charge < -0.3 is 64.3 Å². The maximum atomic E-state index is 15.0. The second kappa shape index (κ2) is 17.1. The molecule has 2 fully saturated rings. The first kappa shape index (κ1) is 47.8. The highest BCUT2D eigenvalue weighted by molar-refractivity contribution is 7.66. The van der Waals surface area contributed by atoms with Crippen molar-refractivity contribution in [3.8, 4) is 11.8 Å². The number of phosphoric ester groups is 2. The molecule has 0 aromatic carbocycles. The van der Waals surface area contributed by atoms with Gasteiger partial charge in [0.15, 0.2) is 47.1 Å². The highest BCUT2D eigenvalue weighted by atomic mass is 31.3. The summed E-state index contributed by atoms with van der Waals surface area (Å²) in [6.45, 7) is 1.95. The third-order valence-electron chi connectivity index (χ3n) is 8.40. The predicted molar refractivity (Wildman–Crippen MR) is 190 cm³/mol. The summed E-state index contributed by atoms with van der Waals surface area (Å²) in [4.78, 5) is 77.6. The van der Waals surface area contributed by atoms with Crippen LogP contribution in [0.15, 0.2) is 12.7 Å². The van der Waals surface area contributed by atoms with Crippen molar-refractivity contribution in [3.05, 3.63) is 18.5 Å². The van der Waals surface area contributed by atoms with Crippen molar-refractivity contribution in [2.24, 2.45) is 0 Å². The number of anilines is 1. The molecule has 10 N–H and O–H groups in total. The zero-order valence-corrected chi connectivity index (χ0v) is 34.8. The van der Waals surface area contributed by atoms with E-state index in [2.05, 4.69) is 47.6 Å². The Morgan fingerprint density at radius 1 is 0.717 bits per heavy atom. The molecule has 4 unspecified atom stereocenters. The molecule has 29 nitrogen and oxygen atoms in total. The largest absolute Gasteiger partial charge is 0.490 e. The quantitative estimate of drug-likeness (QED) is 0.0750. The number of aryl methyl sites for hydroxylation is 1. The lowest BCUT2D eigenvalue weighted by Crippen LogP contribution is -2.41.